The van der Waals surface area contributed by atoms with Crippen molar-refractivity contribution in [3.8, 4) is 11.3 Å². The minimum Gasteiger partial charge on any atom is -0.385 e. The van der Waals surface area contributed by atoms with Crippen molar-refractivity contribution in [1.82, 2.24) is 9.97 Å². The van der Waals surface area contributed by atoms with Crippen molar-refractivity contribution in [1.29, 1.82) is 0 Å². The van der Waals surface area contributed by atoms with Gasteiger partial charge in [-0.3, -0.25) is 0 Å². The van der Waals surface area contributed by atoms with Gasteiger partial charge in [0.1, 0.15) is 11.6 Å². The summed E-state index contributed by atoms with van der Waals surface area (Å²) >= 11 is 0. The van der Waals surface area contributed by atoms with Gasteiger partial charge >= 0.3 is 0 Å². The number of anilines is 2. The molecule has 3 rings (SSSR count). The van der Waals surface area contributed by atoms with Crippen molar-refractivity contribution in [2.24, 2.45) is 0 Å². The molecule has 0 spiro atoms. The van der Waals surface area contributed by atoms with E-state index in [-0.39, 0.29) is 5.82 Å². The molecular formula is C22H25FN4O. The lowest BCUT2D eigenvalue weighted by molar-refractivity contribution is 0.197. The Morgan fingerprint density at radius 2 is 1.71 bits per heavy atom. The van der Waals surface area contributed by atoms with Crippen LogP contribution in [0.25, 0.3) is 11.3 Å². The molecule has 0 bridgehead atoms. The molecule has 0 aliphatic carbocycles. The molecule has 0 radical (unpaired) electrons. The fourth-order valence-corrected chi connectivity index (χ4v) is 2.78. The lowest BCUT2D eigenvalue weighted by Gasteiger charge is -2.11. The van der Waals surface area contributed by atoms with Gasteiger partial charge in [0.25, 0.3) is 0 Å². The van der Waals surface area contributed by atoms with Crippen LogP contribution in [0.15, 0.2) is 60.7 Å². The summed E-state index contributed by atoms with van der Waals surface area (Å²) in [5, 5.41) is 6.61. The molecule has 146 valence electrons. The number of benzene rings is 2. The highest BCUT2D eigenvalue weighted by Gasteiger charge is 2.07. The van der Waals surface area contributed by atoms with Crippen LogP contribution in [0.5, 0.6) is 0 Å². The first-order chi connectivity index (χ1) is 13.7. The monoisotopic (exact) mass is 380 g/mol. The topological polar surface area (TPSA) is 59.1 Å². The SMILES string of the molecule is COCCCNc1nc(NCCc2ccc(F)cc2)cc(-c2ccccc2)n1. The maximum Gasteiger partial charge on any atom is 0.225 e. The van der Waals surface area contributed by atoms with Crippen molar-refractivity contribution in [2.45, 2.75) is 12.8 Å². The maximum atomic E-state index is 13.0. The average Bonchev–Trinajstić information content (AvgIpc) is 2.73. The van der Waals surface area contributed by atoms with E-state index in [1.54, 1.807) is 19.2 Å². The molecule has 0 saturated heterocycles. The molecule has 0 fully saturated rings. The fourth-order valence-electron chi connectivity index (χ4n) is 2.78. The number of hydrogen-bond donors (Lipinski definition) is 2. The van der Waals surface area contributed by atoms with Gasteiger partial charge in [0.2, 0.25) is 5.95 Å². The number of halogens is 1. The lowest BCUT2D eigenvalue weighted by Crippen LogP contribution is -2.11. The van der Waals surface area contributed by atoms with Crippen LogP contribution in [0.3, 0.4) is 0 Å². The van der Waals surface area contributed by atoms with Gasteiger partial charge in [-0.15, -0.1) is 0 Å². The predicted molar refractivity (Wildman–Crippen MR) is 111 cm³/mol. The van der Waals surface area contributed by atoms with Gasteiger partial charge in [0.05, 0.1) is 5.69 Å². The predicted octanol–water partition coefficient (Wildman–Crippen LogP) is 4.39. The second kappa shape index (κ2) is 10.4. The summed E-state index contributed by atoms with van der Waals surface area (Å²) in [6, 6.07) is 18.5. The van der Waals surface area contributed by atoms with Crippen molar-refractivity contribution >= 4 is 11.8 Å². The highest BCUT2D eigenvalue weighted by Crippen LogP contribution is 2.21. The molecule has 0 unspecified atom stereocenters. The Labute approximate surface area is 165 Å². The van der Waals surface area contributed by atoms with Crippen molar-refractivity contribution < 1.29 is 9.13 Å². The van der Waals surface area contributed by atoms with E-state index in [1.807, 2.05) is 36.4 Å². The number of nitrogens with one attached hydrogen (secondary N) is 2. The number of ether oxygens (including phenoxy) is 1. The van der Waals surface area contributed by atoms with Crippen LogP contribution in [-0.4, -0.2) is 36.8 Å². The minimum atomic E-state index is -0.218. The van der Waals surface area contributed by atoms with E-state index in [1.165, 1.54) is 12.1 Å². The molecule has 1 heterocycles. The Bertz CT molecular complexity index is 856. The molecular weight excluding hydrogens is 355 g/mol. The first-order valence-electron chi connectivity index (χ1n) is 9.40. The zero-order chi connectivity index (χ0) is 19.6. The Morgan fingerprint density at radius 3 is 2.46 bits per heavy atom. The smallest absolute Gasteiger partial charge is 0.225 e. The second-order valence-electron chi connectivity index (χ2n) is 6.40. The summed E-state index contributed by atoms with van der Waals surface area (Å²) in [5.74, 6) is 1.12. The number of rotatable bonds is 10. The Morgan fingerprint density at radius 1 is 0.929 bits per heavy atom. The third-order valence-corrected chi connectivity index (χ3v) is 4.24. The molecule has 0 aliphatic rings. The van der Waals surface area contributed by atoms with Gasteiger partial charge < -0.3 is 15.4 Å². The molecule has 1 aromatic heterocycles. The summed E-state index contributed by atoms with van der Waals surface area (Å²) < 4.78 is 18.1. The standard InChI is InChI=1S/C22H25FN4O/c1-28-15-5-13-25-22-26-20(18-6-3-2-4-7-18)16-21(27-22)24-14-12-17-8-10-19(23)11-9-17/h2-4,6-11,16H,5,12-15H2,1H3,(H2,24,25,26,27). The zero-order valence-electron chi connectivity index (χ0n) is 16.0. The van der Waals surface area contributed by atoms with Crippen LogP contribution < -0.4 is 10.6 Å². The Kier molecular flexibility index (Phi) is 7.32. The minimum absolute atomic E-state index is 0.218. The first-order valence-corrected chi connectivity index (χ1v) is 9.40. The van der Waals surface area contributed by atoms with Crippen LogP contribution in [0.2, 0.25) is 0 Å². The van der Waals surface area contributed by atoms with E-state index in [0.29, 0.717) is 19.1 Å². The van der Waals surface area contributed by atoms with Gasteiger partial charge in [0.15, 0.2) is 0 Å². The summed E-state index contributed by atoms with van der Waals surface area (Å²) in [6.45, 7) is 2.12. The van der Waals surface area contributed by atoms with Crippen molar-refractivity contribution in [3.63, 3.8) is 0 Å². The molecule has 6 heteroatoms. The Balaban J connectivity index is 1.69. The molecule has 2 aromatic carbocycles. The summed E-state index contributed by atoms with van der Waals surface area (Å²) in [7, 11) is 1.69. The van der Waals surface area contributed by atoms with E-state index in [2.05, 4.69) is 20.6 Å². The molecule has 0 atom stereocenters. The number of nitrogens with zero attached hydrogens (tertiary/aromatic N) is 2. The van der Waals surface area contributed by atoms with Crippen LogP contribution in [-0.2, 0) is 11.2 Å². The van der Waals surface area contributed by atoms with Gasteiger partial charge in [-0.05, 0) is 30.5 Å². The number of hydrogen-bond acceptors (Lipinski definition) is 5. The molecule has 0 saturated carbocycles. The molecule has 0 aliphatic heterocycles. The third kappa shape index (κ3) is 6.03. The highest BCUT2D eigenvalue weighted by atomic mass is 19.1. The molecule has 0 amide bonds. The number of methoxy groups -OCH3 is 1. The largest absolute Gasteiger partial charge is 0.385 e. The van der Waals surface area contributed by atoms with E-state index in [0.717, 1.165) is 42.0 Å². The summed E-state index contributed by atoms with van der Waals surface area (Å²) in [4.78, 5) is 9.20. The van der Waals surface area contributed by atoms with Crippen LogP contribution in [0, 0.1) is 5.82 Å². The Hall–Kier alpha value is -2.99. The maximum absolute atomic E-state index is 13.0. The van der Waals surface area contributed by atoms with E-state index in [4.69, 9.17) is 4.74 Å². The molecule has 5 nitrogen and oxygen atoms in total. The van der Waals surface area contributed by atoms with E-state index in [9.17, 15) is 4.39 Å². The lowest BCUT2D eigenvalue weighted by atomic mass is 10.1. The van der Waals surface area contributed by atoms with Crippen LogP contribution >= 0.6 is 0 Å². The van der Waals surface area contributed by atoms with Crippen LogP contribution in [0.1, 0.15) is 12.0 Å². The molecule has 2 N–H and O–H groups in total. The van der Waals surface area contributed by atoms with E-state index < -0.39 is 0 Å². The second-order valence-corrected chi connectivity index (χ2v) is 6.40. The average molecular weight is 380 g/mol. The normalized spacial score (nSPS) is 10.6. The van der Waals surface area contributed by atoms with Gasteiger partial charge in [-0.25, -0.2) is 9.37 Å². The summed E-state index contributed by atoms with van der Waals surface area (Å²) in [6.07, 6.45) is 1.66. The quantitative estimate of drug-likeness (QED) is 0.511. The highest BCUT2D eigenvalue weighted by molar-refractivity contribution is 5.64. The molecule has 3 aromatic rings. The zero-order valence-corrected chi connectivity index (χ0v) is 16.0. The van der Waals surface area contributed by atoms with Gasteiger partial charge in [-0.2, -0.15) is 4.98 Å². The van der Waals surface area contributed by atoms with Crippen LogP contribution in [0.4, 0.5) is 16.2 Å². The van der Waals surface area contributed by atoms with Gasteiger partial charge in [-0.1, -0.05) is 42.5 Å². The number of aromatic nitrogens is 2. The molecule has 28 heavy (non-hydrogen) atoms. The van der Waals surface area contributed by atoms with Crippen molar-refractivity contribution in [2.75, 3.05) is 37.4 Å². The van der Waals surface area contributed by atoms with Crippen molar-refractivity contribution in [3.05, 3.63) is 72.0 Å². The van der Waals surface area contributed by atoms with E-state index >= 15 is 0 Å². The third-order valence-electron chi connectivity index (χ3n) is 4.24. The first kappa shape index (κ1) is 19.8. The fraction of sp³-hybridized carbons (Fsp3) is 0.273. The summed E-state index contributed by atoms with van der Waals surface area (Å²) in [5.41, 5.74) is 2.96. The van der Waals surface area contributed by atoms with Gasteiger partial charge in [0, 0.05) is 38.4 Å².